The highest BCUT2D eigenvalue weighted by molar-refractivity contribution is 6.35. The maximum absolute atomic E-state index is 13.8. The molecule has 2 aromatic heterocycles. The topological polar surface area (TPSA) is 114 Å². The minimum atomic E-state index is -3.08. The Labute approximate surface area is 289 Å². The molecule has 0 unspecified atom stereocenters. The summed E-state index contributed by atoms with van der Waals surface area (Å²) in [5, 5.41) is 0.851. The van der Waals surface area contributed by atoms with Crippen LogP contribution < -0.4 is 20.6 Å². The Morgan fingerprint density at radius 2 is 1.61 bits per heavy atom. The first-order chi connectivity index (χ1) is 23.7. The average molecular weight is 720 g/mol. The number of morpholine rings is 1. The number of pyridine rings is 1. The SMILES string of the molecule is O=C(Cn1c(=O)c2ccccc2c(=O)n1CCN1CCOCC1)O[C@@H](Cc1c(Cl)cncc1Cl)c1ccc(OC(F)F)c(OCC2CC2)c1. The second-order valence-corrected chi connectivity index (χ2v) is 12.7. The summed E-state index contributed by atoms with van der Waals surface area (Å²) < 4.78 is 50.8. The number of ether oxygens (including phenoxy) is 4. The smallest absolute Gasteiger partial charge is 0.387 e. The van der Waals surface area contributed by atoms with Gasteiger partial charge in [0.2, 0.25) is 0 Å². The predicted molar refractivity (Wildman–Crippen MR) is 178 cm³/mol. The molecule has 49 heavy (non-hydrogen) atoms. The summed E-state index contributed by atoms with van der Waals surface area (Å²) >= 11 is 12.9. The number of halogens is 4. The highest BCUT2D eigenvalue weighted by atomic mass is 35.5. The van der Waals surface area contributed by atoms with E-state index in [4.69, 9.17) is 42.1 Å². The van der Waals surface area contributed by atoms with Crippen LogP contribution in [0, 0.1) is 5.92 Å². The van der Waals surface area contributed by atoms with Gasteiger partial charge in [-0.25, -0.2) is 9.36 Å². The fourth-order valence-electron chi connectivity index (χ4n) is 5.68. The van der Waals surface area contributed by atoms with Crippen LogP contribution in [0.1, 0.15) is 30.1 Å². The molecule has 260 valence electrons. The van der Waals surface area contributed by atoms with Crippen LogP contribution in [0.25, 0.3) is 10.8 Å². The van der Waals surface area contributed by atoms with E-state index in [0.29, 0.717) is 56.5 Å². The number of nitrogens with zero attached hydrogens (tertiary/aromatic N) is 4. The number of alkyl halides is 2. The normalized spacial score (nSPS) is 15.8. The van der Waals surface area contributed by atoms with Gasteiger partial charge in [0.15, 0.2) is 11.5 Å². The van der Waals surface area contributed by atoms with Crippen molar-refractivity contribution in [3.63, 3.8) is 0 Å². The lowest BCUT2D eigenvalue weighted by Gasteiger charge is -2.27. The van der Waals surface area contributed by atoms with Gasteiger partial charge in [-0.3, -0.25) is 24.3 Å². The maximum Gasteiger partial charge on any atom is 0.387 e. The van der Waals surface area contributed by atoms with Crippen molar-refractivity contribution in [2.24, 2.45) is 5.92 Å². The Morgan fingerprint density at radius 1 is 0.939 bits per heavy atom. The Hall–Kier alpha value is -4.04. The van der Waals surface area contributed by atoms with Crippen LogP contribution in [0.3, 0.4) is 0 Å². The maximum atomic E-state index is 13.8. The molecule has 0 radical (unpaired) electrons. The van der Waals surface area contributed by atoms with Gasteiger partial charge >= 0.3 is 12.6 Å². The van der Waals surface area contributed by atoms with Crippen LogP contribution in [-0.2, 0) is 33.8 Å². The minimum Gasteiger partial charge on any atom is -0.489 e. The quantitative estimate of drug-likeness (QED) is 0.164. The van der Waals surface area contributed by atoms with Crippen LogP contribution in [0.15, 0.2) is 64.4 Å². The van der Waals surface area contributed by atoms with Gasteiger partial charge in [-0.2, -0.15) is 8.78 Å². The first-order valence-corrected chi connectivity index (χ1v) is 16.6. The molecule has 3 heterocycles. The third-order valence-electron chi connectivity index (χ3n) is 8.50. The molecular weight excluding hydrogens is 685 g/mol. The lowest BCUT2D eigenvalue weighted by atomic mass is 10.0. The third kappa shape index (κ3) is 8.58. The molecular formula is C34H34Cl2F2N4O7. The van der Waals surface area contributed by atoms with Crippen LogP contribution >= 0.6 is 23.2 Å². The van der Waals surface area contributed by atoms with Gasteiger partial charge < -0.3 is 18.9 Å². The average Bonchev–Trinajstić information content (AvgIpc) is 3.92. The Bertz CT molecular complexity index is 1910. The predicted octanol–water partition coefficient (Wildman–Crippen LogP) is 5.11. The summed E-state index contributed by atoms with van der Waals surface area (Å²) in [5.41, 5.74) is -0.152. The fraction of sp³-hybridized carbons (Fsp3) is 0.412. The van der Waals surface area contributed by atoms with Crippen LogP contribution in [0.4, 0.5) is 8.78 Å². The first-order valence-electron chi connectivity index (χ1n) is 15.9. The molecule has 1 aliphatic heterocycles. The van der Waals surface area contributed by atoms with Gasteiger partial charge in [-0.05, 0) is 54.2 Å². The lowest BCUT2D eigenvalue weighted by Crippen LogP contribution is -2.44. The summed E-state index contributed by atoms with van der Waals surface area (Å²) in [6.07, 6.45) is 3.63. The van der Waals surface area contributed by atoms with Crippen molar-refractivity contribution in [1.29, 1.82) is 0 Å². The Balaban J connectivity index is 1.33. The molecule has 4 aromatic rings. The van der Waals surface area contributed by atoms with Crippen LogP contribution in [0.5, 0.6) is 11.5 Å². The number of carbonyl (C=O) groups is 1. The minimum absolute atomic E-state index is 0.0283. The second-order valence-electron chi connectivity index (χ2n) is 11.9. The van der Waals surface area contributed by atoms with Crippen LogP contribution in [-0.4, -0.2) is 71.3 Å². The van der Waals surface area contributed by atoms with Gasteiger partial charge in [-0.1, -0.05) is 41.4 Å². The molecule has 0 spiro atoms. The lowest BCUT2D eigenvalue weighted by molar-refractivity contribution is -0.150. The van der Waals surface area contributed by atoms with E-state index in [1.54, 1.807) is 18.2 Å². The molecule has 0 N–H and O–H groups in total. The van der Waals surface area contributed by atoms with E-state index in [2.05, 4.69) is 9.88 Å². The first kappa shape index (κ1) is 34.8. The molecule has 0 bridgehead atoms. The van der Waals surface area contributed by atoms with E-state index in [1.165, 1.54) is 41.3 Å². The molecule has 6 rings (SSSR count). The van der Waals surface area contributed by atoms with Crippen molar-refractivity contribution >= 4 is 39.9 Å². The molecule has 1 saturated heterocycles. The van der Waals surface area contributed by atoms with Crippen molar-refractivity contribution in [2.45, 2.75) is 45.1 Å². The van der Waals surface area contributed by atoms with Crippen molar-refractivity contribution in [3.05, 3.63) is 96.7 Å². The number of hydrogen-bond acceptors (Lipinski definition) is 9. The molecule has 0 amide bonds. The van der Waals surface area contributed by atoms with E-state index >= 15 is 0 Å². The summed E-state index contributed by atoms with van der Waals surface area (Å²) in [4.78, 5) is 47.3. The second kappa shape index (κ2) is 15.7. The van der Waals surface area contributed by atoms with E-state index in [9.17, 15) is 23.2 Å². The van der Waals surface area contributed by atoms with Crippen molar-refractivity contribution in [1.82, 2.24) is 19.2 Å². The van der Waals surface area contributed by atoms with Crippen molar-refractivity contribution in [2.75, 3.05) is 39.5 Å². The molecule has 2 aromatic carbocycles. The highest BCUT2D eigenvalue weighted by Crippen LogP contribution is 2.38. The highest BCUT2D eigenvalue weighted by Gasteiger charge is 2.27. The number of fused-ring (bicyclic) bond motifs is 1. The summed E-state index contributed by atoms with van der Waals surface area (Å²) in [6.45, 7) is -0.315. The molecule has 1 atom stereocenters. The number of hydrogen-bond donors (Lipinski definition) is 0. The molecule has 15 heteroatoms. The van der Waals surface area contributed by atoms with Gasteiger partial charge in [0.25, 0.3) is 11.1 Å². The molecule has 1 saturated carbocycles. The van der Waals surface area contributed by atoms with E-state index in [0.717, 1.165) is 17.5 Å². The van der Waals surface area contributed by atoms with Gasteiger partial charge in [0.1, 0.15) is 12.6 Å². The van der Waals surface area contributed by atoms with Gasteiger partial charge in [0.05, 0.1) is 47.2 Å². The number of carbonyl (C=O) groups excluding carboxylic acids is 1. The molecule has 2 fully saturated rings. The summed E-state index contributed by atoms with van der Waals surface area (Å²) in [5.74, 6) is -0.638. The van der Waals surface area contributed by atoms with Gasteiger partial charge in [-0.15, -0.1) is 0 Å². The third-order valence-corrected chi connectivity index (χ3v) is 9.15. The van der Waals surface area contributed by atoms with Crippen LogP contribution in [0.2, 0.25) is 10.0 Å². The number of aromatic nitrogens is 3. The zero-order valence-corrected chi connectivity index (χ0v) is 27.9. The number of esters is 1. The molecule has 11 nitrogen and oxygen atoms in total. The van der Waals surface area contributed by atoms with Crippen molar-refractivity contribution < 1.29 is 32.5 Å². The van der Waals surface area contributed by atoms with Gasteiger partial charge in [0, 0.05) is 38.4 Å². The van der Waals surface area contributed by atoms with Crippen molar-refractivity contribution in [3.8, 4) is 11.5 Å². The summed E-state index contributed by atoms with van der Waals surface area (Å²) in [7, 11) is 0. The zero-order valence-electron chi connectivity index (χ0n) is 26.4. The summed E-state index contributed by atoms with van der Waals surface area (Å²) in [6, 6.07) is 10.7. The number of rotatable bonds is 14. The number of benzene rings is 2. The van der Waals surface area contributed by atoms with E-state index < -0.39 is 36.3 Å². The van der Waals surface area contributed by atoms with E-state index in [1.807, 2.05) is 0 Å². The zero-order chi connectivity index (χ0) is 34.5. The monoisotopic (exact) mass is 718 g/mol. The Morgan fingerprint density at radius 3 is 2.27 bits per heavy atom. The molecule has 1 aliphatic carbocycles. The Kier molecular flexibility index (Phi) is 11.1. The standard InChI is InChI=1S/C34H34Cl2F2N4O7/c35-26-17-39-18-27(36)25(26)16-29(22-7-8-28(49-34(37)38)30(15-22)47-20-21-5-6-21)48-31(43)19-42-33(45)24-4-2-1-3-23(24)32(44)41(42)10-9-40-11-13-46-14-12-40/h1-4,7-8,15,17-18,21,29,34H,5-6,9-14,16,19-20H2/t29-/m0/s1. The fourth-order valence-corrected chi connectivity index (χ4v) is 6.20. The largest absolute Gasteiger partial charge is 0.489 e. The molecule has 2 aliphatic rings. The van der Waals surface area contributed by atoms with E-state index in [-0.39, 0.29) is 45.3 Å².